The molecule has 1 saturated heterocycles. The Balaban J connectivity index is 1.37. The van der Waals surface area contributed by atoms with Gasteiger partial charge in [0.25, 0.3) is 0 Å². The molecule has 0 bridgehead atoms. The topological polar surface area (TPSA) is 61.8 Å². The van der Waals surface area contributed by atoms with Crippen LogP contribution in [-0.4, -0.2) is 49.2 Å². The standard InChI is InChI=1S/C24H29N5O/c1-25-24(28-17-21-9-4-8-19-10-5-11-26-23(19)21)27-16-20-6-2-3-7-22(20)18-29-12-14-30-15-13-29/h2-11H,12-18H2,1H3,(H2,25,27,28). The molecule has 6 heteroatoms. The molecule has 0 spiro atoms. The summed E-state index contributed by atoms with van der Waals surface area (Å²) in [5.41, 5.74) is 4.82. The number of nitrogens with one attached hydrogen (secondary N) is 2. The number of nitrogens with zero attached hydrogens (tertiary/aromatic N) is 3. The molecule has 0 aliphatic carbocycles. The maximum atomic E-state index is 5.47. The molecule has 0 amide bonds. The molecule has 4 rings (SSSR count). The van der Waals surface area contributed by atoms with Crippen molar-refractivity contribution in [2.75, 3.05) is 33.4 Å². The monoisotopic (exact) mass is 403 g/mol. The third-order valence-electron chi connectivity index (χ3n) is 5.45. The highest BCUT2D eigenvalue weighted by molar-refractivity contribution is 5.83. The molecule has 1 aromatic heterocycles. The molecule has 2 N–H and O–H groups in total. The predicted octanol–water partition coefficient (Wildman–Crippen LogP) is 2.93. The Bertz CT molecular complexity index is 992. The highest BCUT2D eigenvalue weighted by atomic mass is 16.5. The number of guanidine groups is 1. The fraction of sp³-hybridized carbons (Fsp3) is 0.333. The van der Waals surface area contributed by atoms with Crippen LogP contribution < -0.4 is 10.6 Å². The fourth-order valence-corrected chi connectivity index (χ4v) is 3.77. The first-order valence-corrected chi connectivity index (χ1v) is 10.5. The molecule has 1 fully saturated rings. The molecule has 0 radical (unpaired) electrons. The molecule has 2 aromatic carbocycles. The third kappa shape index (κ3) is 5.14. The SMILES string of the molecule is CN=C(NCc1ccccc1CN1CCOCC1)NCc1cccc2cccnc12. The molecule has 3 aromatic rings. The van der Waals surface area contributed by atoms with Gasteiger partial charge in [-0.05, 0) is 22.8 Å². The molecular weight excluding hydrogens is 374 g/mol. The number of benzene rings is 2. The van der Waals surface area contributed by atoms with Crippen molar-refractivity contribution in [3.05, 3.63) is 77.5 Å². The van der Waals surface area contributed by atoms with E-state index in [1.807, 2.05) is 12.3 Å². The zero-order chi connectivity index (χ0) is 20.6. The van der Waals surface area contributed by atoms with Gasteiger partial charge in [0.15, 0.2) is 5.96 Å². The van der Waals surface area contributed by atoms with Gasteiger partial charge < -0.3 is 15.4 Å². The molecule has 0 unspecified atom stereocenters. The van der Waals surface area contributed by atoms with E-state index < -0.39 is 0 Å². The summed E-state index contributed by atoms with van der Waals surface area (Å²) in [4.78, 5) is 11.4. The smallest absolute Gasteiger partial charge is 0.191 e. The summed E-state index contributed by atoms with van der Waals surface area (Å²) >= 11 is 0. The van der Waals surface area contributed by atoms with Gasteiger partial charge in [-0.1, -0.05) is 48.5 Å². The van der Waals surface area contributed by atoms with Crippen LogP contribution >= 0.6 is 0 Å². The van der Waals surface area contributed by atoms with Crippen LogP contribution in [-0.2, 0) is 24.4 Å². The summed E-state index contributed by atoms with van der Waals surface area (Å²) < 4.78 is 5.47. The van der Waals surface area contributed by atoms with Crippen LogP contribution in [0.5, 0.6) is 0 Å². The normalized spacial score (nSPS) is 15.3. The lowest BCUT2D eigenvalue weighted by atomic mass is 10.1. The summed E-state index contributed by atoms with van der Waals surface area (Å²) in [7, 11) is 1.80. The van der Waals surface area contributed by atoms with E-state index in [2.05, 4.69) is 74.0 Å². The van der Waals surface area contributed by atoms with Crippen molar-refractivity contribution in [2.24, 2.45) is 4.99 Å². The number of hydrogen-bond acceptors (Lipinski definition) is 4. The molecule has 2 heterocycles. The Kier molecular flexibility index (Phi) is 6.90. The van der Waals surface area contributed by atoms with Gasteiger partial charge in [0, 0.05) is 51.4 Å². The summed E-state index contributed by atoms with van der Waals surface area (Å²) in [6.07, 6.45) is 1.84. The van der Waals surface area contributed by atoms with Crippen LogP contribution in [0.15, 0.2) is 65.8 Å². The lowest BCUT2D eigenvalue weighted by Crippen LogP contribution is -2.37. The Labute approximate surface area is 178 Å². The number of ether oxygens (including phenoxy) is 1. The number of rotatable bonds is 6. The van der Waals surface area contributed by atoms with E-state index in [0.29, 0.717) is 6.54 Å². The van der Waals surface area contributed by atoms with Crippen molar-refractivity contribution in [1.82, 2.24) is 20.5 Å². The van der Waals surface area contributed by atoms with E-state index in [-0.39, 0.29) is 0 Å². The highest BCUT2D eigenvalue weighted by Crippen LogP contribution is 2.16. The zero-order valence-corrected chi connectivity index (χ0v) is 17.5. The van der Waals surface area contributed by atoms with Gasteiger partial charge in [0.2, 0.25) is 0 Å². The van der Waals surface area contributed by atoms with Crippen LogP contribution in [0.4, 0.5) is 0 Å². The van der Waals surface area contributed by atoms with E-state index >= 15 is 0 Å². The molecule has 6 nitrogen and oxygen atoms in total. The van der Waals surface area contributed by atoms with E-state index in [4.69, 9.17) is 4.74 Å². The quantitative estimate of drug-likeness (QED) is 0.490. The van der Waals surface area contributed by atoms with Crippen molar-refractivity contribution in [3.8, 4) is 0 Å². The maximum Gasteiger partial charge on any atom is 0.191 e. The number of pyridine rings is 1. The molecule has 1 aliphatic rings. The maximum absolute atomic E-state index is 5.47. The molecule has 156 valence electrons. The van der Waals surface area contributed by atoms with Crippen molar-refractivity contribution in [1.29, 1.82) is 0 Å². The minimum absolute atomic E-state index is 0.670. The van der Waals surface area contributed by atoms with Gasteiger partial charge in [-0.15, -0.1) is 0 Å². The van der Waals surface area contributed by atoms with E-state index in [1.54, 1.807) is 7.05 Å². The van der Waals surface area contributed by atoms with E-state index in [1.165, 1.54) is 11.1 Å². The number of aromatic nitrogens is 1. The minimum atomic E-state index is 0.670. The lowest BCUT2D eigenvalue weighted by molar-refractivity contribution is 0.0341. The first kappa shape index (κ1) is 20.3. The largest absolute Gasteiger partial charge is 0.379 e. The minimum Gasteiger partial charge on any atom is -0.379 e. The number of hydrogen-bond donors (Lipinski definition) is 2. The van der Waals surface area contributed by atoms with Gasteiger partial charge in [-0.2, -0.15) is 0 Å². The van der Waals surface area contributed by atoms with Crippen molar-refractivity contribution in [2.45, 2.75) is 19.6 Å². The summed E-state index contributed by atoms with van der Waals surface area (Å²) in [5, 5.41) is 8.03. The van der Waals surface area contributed by atoms with Crippen molar-refractivity contribution >= 4 is 16.9 Å². The third-order valence-corrected chi connectivity index (χ3v) is 5.45. The Morgan fingerprint density at radius 1 is 0.933 bits per heavy atom. The second-order valence-corrected chi connectivity index (χ2v) is 7.43. The van der Waals surface area contributed by atoms with Crippen LogP contribution in [0.3, 0.4) is 0 Å². The molecule has 0 atom stereocenters. The summed E-state index contributed by atoms with van der Waals surface area (Å²) in [5.74, 6) is 0.782. The Morgan fingerprint density at radius 3 is 2.43 bits per heavy atom. The predicted molar refractivity (Wildman–Crippen MR) is 121 cm³/mol. The lowest BCUT2D eigenvalue weighted by Gasteiger charge is -2.27. The van der Waals surface area contributed by atoms with Crippen LogP contribution in [0, 0.1) is 0 Å². The van der Waals surface area contributed by atoms with Gasteiger partial charge in [0.1, 0.15) is 0 Å². The summed E-state index contributed by atoms with van der Waals surface area (Å²) in [6, 6.07) is 18.9. The van der Waals surface area contributed by atoms with Crippen LogP contribution in [0.25, 0.3) is 10.9 Å². The van der Waals surface area contributed by atoms with Crippen LogP contribution in [0.1, 0.15) is 16.7 Å². The number of para-hydroxylation sites is 1. The van der Waals surface area contributed by atoms with Crippen LogP contribution in [0.2, 0.25) is 0 Å². The second kappa shape index (κ2) is 10.2. The Morgan fingerprint density at radius 2 is 1.63 bits per heavy atom. The molecule has 30 heavy (non-hydrogen) atoms. The zero-order valence-electron chi connectivity index (χ0n) is 17.5. The first-order valence-electron chi connectivity index (χ1n) is 10.5. The average Bonchev–Trinajstić information content (AvgIpc) is 2.81. The fourth-order valence-electron chi connectivity index (χ4n) is 3.77. The summed E-state index contributed by atoms with van der Waals surface area (Å²) in [6.45, 7) is 5.97. The van der Waals surface area contributed by atoms with E-state index in [0.717, 1.165) is 61.8 Å². The van der Waals surface area contributed by atoms with E-state index in [9.17, 15) is 0 Å². The van der Waals surface area contributed by atoms with Gasteiger partial charge in [-0.3, -0.25) is 14.9 Å². The first-order chi connectivity index (χ1) is 14.8. The molecule has 1 aliphatic heterocycles. The number of morpholine rings is 1. The molecular formula is C24H29N5O. The number of aliphatic imine (C=N–C) groups is 1. The van der Waals surface area contributed by atoms with Crippen molar-refractivity contribution < 1.29 is 4.74 Å². The average molecular weight is 404 g/mol. The molecule has 0 saturated carbocycles. The number of fused-ring (bicyclic) bond motifs is 1. The van der Waals surface area contributed by atoms with Gasteiger partial charge in [0.05, 0.1) is 18.7 Å². The van der Waals surface area contributed by atoms with Gasteiger partial charge in [-0.25, -0.2) is 0 Å². The Hall–Kier alpha value is -2.96. The van der Waals surface area contributed by atoms with Crippen molar-refractivity contribution in [3.63, 3.8) is 0 Å². The highest BCUT2D eigenvalue weighted by Gasteiger charge is 2.13. The van der Waals surface area contributed by atoms with Gasteiger partial charge >= 0.3 is 0 Å². The second-order valence-electron chi connectivity index (χ2n) is 7.43.